The maximum absolute atomic E-state index is 12.2. The van der Waals surface area contributed by atoms with Crippen molar-refractivity contribution in [3.05, 3.63) is 27.0 Å². The van der Waals surface area contributed by atoms with E-state index in [9.17, 15) is 4.79 Å². The lowest BCUT2D eigenvalue weighted by atomic mass is 10.1. The van der Waals surface area contributed by atoms with Crippen molar-refractivity contribution >= 4 is 44.5 Å². The summed E-state index contributed by atoms with van der Waals surface area (Å²) in [6.45, 7) is 1.89. The molecule has 1 unspecified atom stereocenters. The summed E-state index contributed by atoms with van der Waals surface area (Å²) in [5, 5.41) is 11.1. The number of rotatable bonds is 3. The molecule has 4 nitrogen and oxygen atoms in total. The van der Waals surface area contributed by atoms with Gasteiger partial charge in [-0.25, -0.2) is 4.98 Å². The lowest BCUT2D eigenvalue weighted by molar-refractivity contribution is 0.0926. The van der Waals surface area contributed by atoms with E-state index in [1.165, 1.54) is 11.3 Å². The molecule has 2 aromatic rings. The summed E-state index contributed by atoms with van der Waals surface area (Å²) >= 11 is 6.56. The number of carbonyl (C=O) groups is 1. The molecular formula is C13H14BrN3OS2. The number of aromatic nitrogens is 1. The van der Waals surface area contributed by atoms with Gasteiger partial charge in [0.1, 0.15) is 10.7 Å². The number of carbonyl (C=O) groups excluding carboxylic acids is 1. The van der Waals surface area contributed by atoms with Crippen molar-refractivity contribution in [2.75, 3.05) is 13.1 Å². The molecule has 1 amide bonds. The van der Waals surface area contributed by atoms with Crippen LogP contribution in [0.1, 0.15) is 23.3 Å². The maximum Gasteiger partial charge on any atom is 0.271 e. The van der Waals surface area contributed by atoms with Gasteiger partial charge in [-0.3, -0.25) is 4.79 Å². The van der Waals surface area contributed by atoms with Crippen LogP contribution in [0.4, 0.5) is 0 Å². The Morgan fingerprint density at radius 2 is 2.35 bits per heavy atom. The standard InChI is InChI=1S/C13H14BrN3OS2/c14-8-4-11(19-6-8)13-17-10(7-20-13)12(18)16-9-2-1-3-15-5-9/h4,6-7,9,15H,1-3,5H2,(H,16,18). The van der Waals surface area contributed by atoms with E-state index < -0.39 is 0 Å². The summed E-state index contributed by atoms with van der Waals surface area (Å²) in [5.74, 6) is -0.0724. The summed E-state index contributed by atoms with van der Waals surface area (Å²) in [6, 6.07) is 2.24. The highest BCUT2D eigenvalue weighted by atomic mass is 79.9. The molecule has 20 heavy (non-hydrogen) atoms. The van der Waals surface area contributed by atoms with E-state index in [1.54, 1.807) is 11.3 Å². The van der Waals surface area contributed by atoms with Crippen molar-refractivity contribution in [3.8, 4) is 9.88 Å². The third-order valence-corrected chi connectivity index (χ3v) is 5.85. The largest absolute Gasteiger partial charge is 0.347 e. The van der Waals surface area contributed by atoms with Crippen molar-refractivity contribution in [1.82, 2.24) is 15.6 Å². The number of thiazole rings is 1. The Morgan fingerprint density at radius 3 is 3.05 bits per heavy atom. The summed E-state index contributed by atoms with van der Waals surface area (Å²) in [4.78, 5) is 17.7. The van der Waals surface area contributed by atoms with Crippen LogP contribution in [0.5, 0.6) is 0 Å². The van der Waals surface area contributed by atoms with E-state index >= 15 is 0 Å². The fourth-order valence-electron chi connectivity index (χ4n) is 2.15. The number of piperidine rings is 1. The zero-order chi connectivity index (χ0) is 13.9. The maximum atomic E-state index is 12.2. The third kappa shape index (κ3) is 3.28. The van der Waals surface area contributed by atoms with Gasteiger partial charge in [0.15, 0.2) is 0 Å². The Hall–Kier alpha value is -0.760. The summed E-state index contributed by atoms with van der Waals surface area (Å²) in [6.07, 6.45) is 2.14. The van der Waals surface area contributed by atoms with Gasteiger partial charge in [-0.05, 0) is 41.4 Å². The highest BCUT2D eigenvalue weighted by Gasteiger charge is 2.18. The van der Waals surface area contributed by atoms with Crippen LogP contribution in [0.15, 0.2) is 21.3 Å². The first-order valence-electron chi connectivity index (χ1n) is 6.44. The predicted molar refractivity (Wildman–Crippen MR) is 86.5 cm³/mol. The normalized spacial score (nSPS) is 18.9. The van der Waals surface area contributed by atoms with Crippen molar-refractivity contribution in [2.24, 2.45) is 0 Å². The summed E-state index contributed by atoms with van der Waals surface area (Å²) in [7, 11) is 0. The van der Waals surface area contributed by atoms with Crippen LogP contribution < -0.4 is 10.6 Å². The Labute approximate surface area is 133 Å². The molecule has 3 rings (SSSR count). The number of halogens is 1. The second kappa shape index (κ2) is 6.34. The van der Waals surface area contributed by atoms with Gasteiger partial charge in [-0.2, -0.15) is 0 Å². The quantitative estimate of drug-likeness (QED) is 0.871. The molecule has 0 radical (unpaired) electrons. The first kappa shape index (κ1) is 14.2. The first-order chi connectivity index (χ1) is 9.72. The third-order valence-electron chi connectivity index (χ3n) is 3.15. The van der Waals surface area contributed by atoms with Crippen molar-refractivity contribution < 1.29 is 4.79 Å². The fourth-order valence-corrected chi connectivity index (χ4v) is 4.46. The minimum Gasteiger partial charge on any atom is -0.347 e. The van der Waals surface area contributed by atoms with Gasteiger partial charge < -0.3 is 10.6 Å². The highest BCUT2D eigenvalue weighted by Crippen LogP contribution is 2.31. The smallest absolute Gasteiger partial charge is 0.271 e. The average Bonchev–Trinajstić information content (AvgIpc) is 3.08. The second-order valence-electron chi connectivity index (χ2n) is 4.68. The Kier molecular flexibility index (Phi) is 4.50. The molecule has 1 saturated heterocycles. The van der Waals surface area contributed by atoms with Gasteiger partial charge in [0, 0.05) is 27.8 Å². The number of thiophene rings is 1. The Balaban J connectivity index is 1.68. The topological polar surface area (TPSA) is 54.0 Å². The highest BCUT2D eigenvalue weighted by molar-refractivity contribution is 9.10. The fraction of sp³-hybridized carbons (Fsp3) is 0.385. The molecule has 0 spiro atoms. The van der Waals surface area contributed by atoms with Gasteiger partial charge in [0.2, 0.25) is 0 Å². The number of hydrogen-bond acceptors (Lipinski definition) is 5. The minimum atomic E-state index is -0.0724. The summed E-state index contributed by atoms with van der Waals surface area (Å²) in [5.41, 5.74) is 0.514. The van der Waals surface area contributed by atoms with Crippen LogP contribution in [0.2, 0.25) is 0 Å². The van der Waals surface area contributed by atoms with E-state index in [4.69, 9.17) is 0 Å². The summed E-state index contributed by atoms with van der Waals surface area (Å²) < 4.78 is 1.05. The van der Waals surface area contributed by atoms with E-state index in [0.717, 1.165) is 40.3 Å². The number of amides is 1. The van der Waals surface area contributed by atoms with Gasteiger partial charge in [-0.15, -0.1) is 22.7 Å². The second-order valence-corrected chi connectivity index (χ2v) is 7.37. The van der Waals surface area contributed by atoms with Crippen LogP contribution in [0.3, 0.4) is 0 Å². The van der Waals surface area contributed by atoms with Gasteiger partial charge in [0.05, 0.1) is 4.88 Å². The van der Waals surface area contributed by atoms with E-state index in [0.29, 0.717) is 5.69 Å². The zero-order valence-corrected chi connectivity index (χ0v) is 13.9. The van der Waals surface area contributed by atoms with Crippen LogP contribution in [-0.4, -0.2) is 30.0 Å². The predicted octanol–water partition coefficient (Wildman–Crippen LogP) is 3.12. The molecule has 0 aliphatic carbocycles. The molecule has 2 aromatic heterocycles. The SMILES string of the molecule is O=C(NC1CCCNC1)c1csc(-c2cc(Br)cs2)n1. The monoisotopic (exact) mass is 371 g/mol. The molecule has 7 heteroatoms. The number of hydrogen-bond donors (Lipinski definition) is 2. The molecule has 1 aliphatic rings. The molecule has 0 bridgehead atoms. The first-order valence-corrected chi connectivity index (χ1v) is 8.99. The zero-order valence-electron chi connectivity index (χ0n) is 10.7. The minimum absolute atomic E-state index is 0.0724. The lowest BCUT2D eigenvalue weighted by Gasteiger charge is -2.23. The van der Waals surface area contributed by atoms with E-state index in [-0.39, 0.29) is 11.9 Å². The molecule has 3 heterocycles. The van der Waals surface area contributed by atoms with Crippen LogP contribution >= 0.6 is 38.6 Å². The molecule has 106 valence electrons. The van der Waals surface area contributed by atoms with Gasteiger partial charge in [-0.1, -0.05) is 0 Å². The van der Waals surface area contributed by atoms with Crippen LogP contribution in [0, 0.1) is 0 Å². The molecule has 1 fully saturated rings. The van der Waals surface area contributed by atoms with E-state index in [1.807, 2.05) is 16.8 Å². The van der Waals surface area contributed by atoms with Crippen LogP contribution in [0.25, 0.3) is 9.88 Å². The van der Waals surface area contributed by atoms with Gasteiger partial charge >= 0.3 is 0 Å². The van der Waals surface area contributed by atoms with Crippen LogP contribution in [-0.2, 0) is 0 Å². The Bertz CT molecular complexity index is 604. The van der Waals surface area contributed by atoms with Crippen molar-refractivity contribution in [3.63, 3.8) is 0 Å². The van der Waals surface area contributed by atoms with Crippen molar-refractivity contribution in [2.45, 2.75) is 18.9 Å². The molecule has 1 aliphatic heterocycles. The Morgan fingerprint density at radius 1 is 1.45 bits per heavy atom. The van der Waals surface area contributed by atoms with E-state index in [2.05, 4.69) is 31.5 Å². The number of nitrogens with zero attached hydrogens (tertiary/aromatic N) is 1. The molecule has 0 saturated carbocycles. The molecule has 1 atom stereocenters. The lowest BCUT2D eigenvalue weighted by Crippen LogP contribution is -2.45. The molecular weight excluding hydrogens is 358 g/mol. The van der Waals surface area contributed by atoms with Gasteiger partial charge in [0.25, 0.3) is 5.91 Å². The average molecular weight is 372 g/mol. The van der Waals surface area contributed by atoms with Crippen molar-refractivity contribution in [1.29, 1.82) is 0 Å². The number of nitrogens with one attached hydrogen (secondary N) is 2. The molecule has 2 N–H and O–H groups in total. The molecule has 0 aromatic carbocycles.